The van der Waals surface area contributed by atoms with Crippen LogP contribution < -0.4 is 14.4 Å². The maximum atomic E-state index is 14.0. The Balaban J connectivity index is 1.66. The van der Waals surface area contributed by atoms with Gasteiger partial charge in [-0.1, -0.05) is 45.0 Å². The molecule has 7 heteroatoms. The van der Waals surface area contributed by atoms with Crippen LogP contribution in [0.4, 0.5) is 5.69 Å². The highest BCUT2D eigenvalue weighted by Gasteiger charge is 2.65. The van der Waals surface area contributed by atoms with Gasteiger partial charge in [0.05, 0.1) is 37.8 Å². The Morgan fingerprint density at radius 2 is 1.65 bits per heavy atom. The largest absolute Gasteiger partial charge is 0.497 e. The minimum absolute atomic E-state index is 0.0567. The summed E-state index contributed by atoms with van der Waals surface area (Å²) in [5.74, 6) is -1.30. The summed E-state index contributed by atoms with van der Waals surface area (Å²) in [6.45, 7) is 5.56. The molecule has 4 atom stereocenters. The number of Topliss-reactive ketones (excluding diaryl/α,β-unsaturated/α-hetero) is 1. The molecular formula is C27H28N2O5. The number of benzene rings is 2. The van der Waals surface area contributed by atoms with Gasteiger partial charge in [0.15, 0.2) is 5.78 Å². The van der Waals surface area contributed by atoms with Gasteiger partial charge in [0, 0.05) is 17.7 Å². The third-order valence-electron chi connectivity index (χ3n) is 7.10. The van der Waals surface area contributed by atoms with Crippen molar-refractivity contribution in [2.75, 3.05) is 19.1 Å². The summed E-state index contributed by atoms with van der Waals surface area (Å²) >= 11 is 0. The molecule has 0 unspecified atom stereocenters. The first-order chi connectivity index (χ1) is 16.2. The maximum Gasteiger partial charge on any atom is 0.240 e. The maximum absolute atomic E-state index is 14.0. The Labute approximate surface area is 198 Å². The number of hydrogen-bond acceptors (Lipinski definition) is 6. The fourth-order valence-electron chi connectivity index (χ4n) is 5.51. The number of amides is 2. The van der Waals surface area contributed by atoms with Crippen molar-refractivity contribution < 1.29 is 23.9 Å². The van der Waals surface area contributed by atoms with Crippen LogP contribution in [0.25, 0.3) is 6.08 Å². The van der Waals surface area contributed by atoms with E-state index < -0.39 is 29.3 Å². The van der Waals surface area contributed by atoms with E-state index in [1.54, 1.807) is 18.2 Å². The number of ether oxygens (including phenoxy) is 2. The lowest BCUT2D eigenvalue weighted by Crippen LogP contribution is -2.47. The van der Waals surface area contributed by atoms with Crippen LogP contribution in [0.15, 0.2) is 48.7 Å². The van der Waals surface area contributed by atoms with Crippen LogP contribution in [0.1, 0.15) is 37.9 Å². The number of hydrogen-bond donors (Lipinski definition) is 0. The highest BCUT2D eigenvalue weighted by atomic mass is 16.5. The number of anilines is 1. The third kappa shape index (κ3) is 3.06. The van der Waals surface area contributed by atoms with Gasteiger partial charge in [0.1, 0.15) is 17.5 Å². The van der Waals surface area contributed by atoms with Crippen molar-refractivity contribution >= 4 is 29.4 Å². The second-order valence-electron chi connectivity index (χ2n) is 10.00. The molecule has 0 aromatic heterocycles. The fourth-order valence-corrected chi connectivity index (χ4v) is 5.51. The molecule has 2 amide bonds. The molecule has 2 aromatic carbocycles. The average Bonchev–Trinajstić information content (AvgIpc) is 3.30. The summed E-state index contributed by atoms with van der Waals surface area (Å²) in [5.41, 5.74) is 1.63. The number of carbonyl (C=O) groups excluding carboxylic acids is 3. The minimum atomic E-state index is -0.785. The Kier molecular flexibility index (Phi) is 5.04. The molecular weight excluding hydrogens is 432 g/mol. The second-order valence-corrected chi connectivity index (χ2v) is 10.00. The lowest BCUT2D eigenvalue weighted by atomic mass is 9.79. The van der Waals surface area contributed by atoms with E-state index in [1.807, 2.05) is 62.2 Å². The molecule has 34 heavy (non-hydrogen) atoms. The molecule has 0 bridgehead atoms. The number of carbonyl (C=O) groups is 3. The summed E-state index contributed by atoms with van der Waals surface area (Å²) in [4.78, 5) is 44.7. The summed E-state index contributed by atoms with van der Waals surface area (Å²) in [6.07, 6.45) is 3.83. The summed E-state index contributed by atoms with van der Waals surface area (Å²) in [7, 11) is 3.02. The van der Waals surface area contributed by atoms with E-state index in [9.17, 15) is 14.4 Å². The van der Waals surface area contributed by atoms with E-state index >= 15 is 0 Å². The number of imide groups is 1. The molecule has 0 radical (unpaired) electrons. The first-order valence-corrected chi connectivity index (χ1v) is 11.4. The van der Waals surface area contributed by atoms with E-state index in [2.05, 4.69) is 0 Å². The van der Waals surface area contributed by atoms with Gasteiger partial charge in [0.25, 0.3) is 0 Å². The van der Waals surface area contributed by atoms with Crippen molar-refractivity contribution in [1.29, 1.82) is 0 Å². The zero-order valence-corrected chi connectivity index (χ0v) is 19.9. The van der Waals surface area contributed by atoms with Crippen molar-refractivity contribution in [3.8, 4) is 11.5 Å². The second kappa shape index (κ2) is 7.72. The number of fused-ring (bicyclic) bond motifs is 5. The van der Waals surface area contributed by atoms with Crippen LogP contribution in [-0.2, 0) is 14.4 Å². The van der Waals surface area contributed by atoms with Crippen LogP contribution in [0, 0.1) is 17.3 Å². The van der Waals surface area contributed by atoms with Gasteiger partial charge in [0.2, 0.25) is 11.8 Å². The predicted octanol–water partition coefficient (Wildman–Crippen LogP) is 3.83. The molecule has 3 aliphatic heterocycles. The summed E-state index contributed by atoms with van der Waals surface area (Å²) < 4.78 is 10.8. The molecule has 0 saturated carbocycles. The van der Waals surface area contributed by atoms with Crippen molar-refractivity contribution in [1.82, 2.24) is 4.90 Å². The Morgan fingerprint density at radius 1 is 0.941 bits per heavy atom. The summed E-state index contributed by atoms with van der Waals surface area (Å²) in [6, 6.07) is 11.7. The van der Waals surface area contributed by atoms with Crippen molar-refractivity contribution in [3.63, 3.8) is 0 Å². The first kappa shape index (κ1) is 22.2. The summed E-state index contributed by atoms with van der Waals surface area (Å²) in [5, 5.41) is 0. The first-order valence-electron chi connectivity index (χ1n) is 11.4. The van der Waals surface area contributed by atoms with E-state index in [1.165, 1.54) is 19.1 Å². The highest BCUT2D eigenvalue weighted by Crippen LogP contribution is 2.55. The topological polar surface area (TPSA) is 76.2 Å². The van der Waals surface area contributed by atoms with Gasteiger partial charge in [-0.25, -0.2) is 4.90 Å². The molecule has 3 aliphatic rings. The fraction of sp³-hybridized carbons (Fsp3) is 0.370. The molecule has 176 valence electrons. The Hall–Kier alpha value is -3.61. The Morgan fingerprint density at radius 3 is 2.32 bits per heavy atom. The van der Waals surface area contributed by atoms with Crippen molar-refractivity contribution in [2.45, 2.75) is 32.9 Å². The van der Waals surface area contributed by atoms with Gasteiger partial charge in [-0.2, -0.15) is 0 Å². The predicted molar refractivity (Wildman–Crippen MR) is 127 cm³/mol. The number of methoxy groups -OCH3 is 2. The van der Waals surface area contributed by atoms with E-state index in [-0.39, 0.29) is 17.6 Å². The number of rotatable bonds is 4. The van der Waals surface area contributed by atoms with Crippen molar-refractivity contribution in [2.24, 2.45) is 17.3 Å². The molecule has 2 fully saturated rings. The van der Waals surface area contributed by atoms with E-state index in [4.69, 9.17) is 9.47 Å². The molecule has 7 nitrogen and oxygen atoms in total. The van der Waals surface area contributed by atoms with Crippen LogP contribution in [0.5, 0.6) is 11.5 Å². The molecule has 5 rings (SSSR count). The third-order valence-corrected chi connectivity index (χ3v) is 7.10. The van der Waals surface area contributed by atoms with Crippen LogP contribution >= 0.6 is 0 Å². The van der Waals surface area contributed by atoms with Crippen LogP contribution in [0.3, 0.4) is 0 Å². The number of nitrogens with zero attached hydrogens (tertiary/aromatic N) is 2. The molecule has 3 heterocycles. The lowest BCUT2D eigenvalue weighted by molar-refractivity contribution is -0.135. The number of ketones is 1. The van der Waals surface area contributed by atoms with Gasteiger partial charge >= 0.3 is 0 Å². The zero-order chi connectivity index (χ0) is 24.4. The Bertz CT molecular complexity index is 1230. The minimum Gasteiger partial charge on any atom is -0.497 e. The highest BCUT2D eigenvalue weighted by molar-refractivity contribution is 6.24. The normalized spacial score (nSPS) is 25.2. The van der Waals surface area contributed by atoms with E-state index in [0.29, 0.717) is 17.2 Å². The van der Waals surface area contributed by atoms with Crippen LogP contribution in [-0.4, -0.2) is 42.8 Å². The molecule has 2 aromatic rings. The van der Waals surface area contributed by atoms with Gasteiger partial charge in [-0.05, 0) is 29.3 Å². The van der Waals surface area contributed by atoms with Gasteiger partial charge in [-0.15, -0.1) is 0 Å². The van der Waals surface area contributed by atoms with Crippen LogP contribution in [0.2, 0.25) is 0 Å². The monoisotopic (exact) mass is 460 g/mol. The van der Waals surface area contributed by atoms with Gasteiger partial charge < -0.3 is 14.4 Å². The van der Waals surface area contributed by atoms with Crippen molar-refractivity contribution in [3.05, 3.63) is 59.8 Å². The lowest BCUT2D eigenvalue weighted by Gasteiger charge is -2.37. The zero-order valence-electron chi connectivity index (χ0n) is 19.9. The molecule has 0 spiro atoms. The smallest absolute Gasteiger partial charge is 0.240 e. The molecule has 0 N–H and O–H groups in total. The molecule has 0 aliphatic carbocycles. The quantitative estimate of drug-likeness (QED) is 0.646. The van der Waals surface area contributed by atoms with Gasteiger partial charge in [-0.3, -0.25) is 14.4 Å². The standard InChI is InChI=1S/C27H28N2O5/c1-27(2,3)24(30)23-21-20(22-17-9-7-6-8-15(17)12-13-28(22)23)25(31)29(26(21)32)18-11-10-16(33-4)14-19(18)34-5/h6-14,20-23H,1-5H3/t20-,21+,22+,23+/m0/s1. The molecule has 2 saturated heterocycles. The van der Waals surface area contributed by atoms with E-state index in [0.717, 1.165) is 11.1 Å². The SMILES string of the molecule is COc1ccc(N2C(=O)[C@@H]3[C@H](C2=O)[C@H]2c4ccccc4C=CN2[C@H]3C(=O)C(C)(C)C)c(OC)c1. The average molecular weight is 461 g/mol.